The lowest BCUT2D eigenvalue weighted by Gasteiger charge is -2.36. The van der Waals surface area contributed by atoms with Crippen LogP contribution in [0.1, 0.15) is 50.6 Å². The van der Waals surface area contributed by atoms with Crippen LogP contribution in [0.2, 0.25) is 0 Å². The molecule has 1 aliphatic rings. The summed E-state index contributed by atoms with van der Waals surface area (Å²) in [7, 11) is 0. The largest absolute Gasteiger partial charge is 0.396 e. The Labute approximate surface area is 123 Å². The second-order valence-electron chi connectivity index (χ2n) is 5.63. The van der Waals surface area contributed by atoms with E-state index >= 15 is 0 Å². The van der Waals surface area contributed by atoms with Crippen LogP contribution >= 0.6 is 0 Å². The number of para-hydroxylation sites is 1. The molecular formula is C17H28N2O. The van der Waals surface area contributed by atoms with E-state index in [1.807, 2.05) is 0 Å². The molecule has 3 heteroatoms. The molecule has 0 fully saturated rings. The fourth-order valence-electron chi connectivity index (χ4n) is 2.99. The Hall–Kier alpha value is -1.06. The predicted molar refractivity (Wildman–Crippen MR) is 85.2 cm³/mol. The molecular weight excluding hydrogens is 248 g/mol. The van der Waals surface area contributed by atoms with Gasteiger partial charge in [-0.1, -0.05) is 25.1 Å². The monoisotopic (exact) mass is 276 g/mol. The Kier molecular flexibility index (Phi) is 6.34. The van der Waals surface area contributed by atoms with Crippen LogP contribution in [-0.4, -0.2) is 31.3 Å². The summed E-state index contributed by atoms with van der Waals surface area (Å²) in [6.45, 7) is 5.87. The van der Waals surface area contributed by atoms with Gasteiger partial charge in [0.1, 0.15) is 0 Å². The summed E-state index contributed by atoms with van der Waals surface area (Å²) in [6, 6.07) is 9.32. The minimum absolute atomic E-state index is 0.319. The minimum atomic E-state index is 0.319. The molecule has 20 heavy (non-hydrogen) atoms. The van der Waals surface area contributed by atoms with Crippen molar-refractivity contribution in [2.75, 3.05) is 31.1 Å². The van der Waals surface area contributed by atoms with E-state index in [0.717, 1.165) is 32.5 Å². The third-order valence-corrected chi connectivity index (χ3v) is 4.07. The number of anilines is 1. The maximum absolute atomic E-state index is 8.86. The van der Waals surface area contributed by atoms with E-state index in [2.05, 4.69) is 41.4 Å². The fourth-order valence-corrected chi connectivity index (χ4v) is 2.99. The van der Waals surface area contributed by atoms with E-state index in [1.54, 1.807) is 0 Å². The van der Waals surface area contributed by atoms with Gasteiger partial charge in [-0.3, -0.25) is 0 Å². The van der Waals surface area contributed by atoms with Crippen LogP contribution in [0.4, 0.5) is 5.69 Å². The van der Waals surface area contributed by atoms with Crippen LogP contribution in [-0.2, 0) is 0 Å². The molecule has 0 bridgehead atoms. The van der Waals surface area contributed by atoms with Gasteiger partial charge in [-0.25, -0.2) is 0 Å². The smallest absolute Gasteiger partial charge is 0.0431 e. The number of hydrogen-bond donors (Lipinski definition) is 2. The van der Waals surface area contributed by atoms with Crippen LogP contribution < -0.4 is 10.2 Å². The third kappa shape index (κ3) is 3.97. The zero-order valence-corrected chi connectivity index (χ0v) is 12.6. The van der Waals surface area contributed by atoms with Crippen LogP contribution in [0.25, 0.3) is 0 Å². The number of nitrogens with zero attached hydrogens (tertiary/aromatic N) is 1. The normalized spacial score (nSPS) is 18.1. The first kappa shape index (κ1) is 15.3. The Morgan fingerprint density at radius 2 is 2.10 bits per heavy atom. The van der Waals surface area contributed by atoms with Gasteiger partial charge in [0.15, 0.2) is 0 Å². The summed E-state index contributed by atoms with van der Waals surface area (Å²) in [4.78, 5) is 2.51. The van der Waals surface area contributed by atoms with Crippen LogP contribution in [0, 0.1) is 0 Å². The van der Waals surface area contributed by atoms with Gasteiger partial charge in [0.2, 0.25) is 0 Å². The van der Waals surface area contributed by atoms with E-state index in [9.17, 15) is 0 Å². The van der Waals surface area contributed by atoms with Crippen LogP contribution in [0.3, 0.4) is 0 Å². The molecule has 0 spiro atoms. The molecule has 1 atom stereocenters. The molecule has 112 valence electrons. The highest BCUT2D eigenvalue weighted by atomic mass is 16.2. The number of rotatable bonds is 8. The molecule has 0 radical (unpaired) electrons. The minimum Gasteiger partial charge on any atom is -0.396 e. The number of hydrogen-bond acceptors (Lipinski definition) is 3. The summed E-state index contributed by atoms with van der Waals surface area (Å²) in [5, 5.41) is 12.5. The highest BCUT2D eigenvalue weighted by Crippen LogP contribution is 2.33. The average molecular weight is 276 g/mol. The lowest BCUT2D eigenvalue weighted by atomic mass is 9.96. The van der Waals surface area contributed by atoms with Crippen molar-refractivity contribution in [1.82, 2.24) is 5.32 Å². The van der Waals surface area contributed by atoms with Gasteiger partial charge in [0.25, 0.3) is 0 Å². The van der Waals surface area contributed by atoms with E-state index in [-0.39, 0.29) is 0 Å². The molecule has 1 aromatic carbocycles. The number of aliphatic hydroxyl groups excluding tert-OH is 1. The zero-order chi connectivity index (χ0) is 14.2. The molecule has 0 aliphatic carbocycles. The Morgan fingerprint density at radius 3 is 2.90 bits per heavy atom. The van der Waals surface area contributed by atoms with Gasteiger partial charge in [0.05, 0.1) is 0 Å². The van der Waals surface area contributed by atoms with E-state index < -0.39 is 0 Å². The SMILES string of the molecule is CCCNC1CCN(CCCCCO)c2ccccc21. The molecule has 0 saturated heterocycles. The van der Waals surface area contributed by atoms with E-state index in [4.69, 9.17) is 5.11 Å². The Morgan fingerprint density at radius 1 is 1.25 bits per heavy atom. The molecule has 1 heterocycles. The van der Waals surface area contributed by atoms with E-state index in [1.165, 1.54) is 30.5 Å². The summed E-state index contributed by atoms with van der Waals surface area (Å²) in [6.07, 6.45) is 5.59. The molecule has 2 N–H and O–H groups in total. The van der Waals surface area contributed by atoms with Crippen molar-refractivity contribution in [2.24, 2.45) is 0 Å². The van der Waals surface area contributed by atoms with Gasteiger partial charge in [-0.15, -0.1) is 0 Å². The second-order valence-corrected chi connectivity index (χ2v) is 5.63. The zero-order valence-electron chi connectivity index (χ0n) is 12.6. The van der Waals surface area contributed by atoms with Crippen molar-refractivity contribution in [3.05, 3.63) is 29.8 Å². The summed E-state index contributed by atoms with van der Waals surface area (Å²) in [5.41, 5.74) is 2.85. The first-order chi connectivity index (χ1) is 9.86. The fraction of sp³-hybridized carbons (Fsp3) is 0.647. The topological polar surface area (TPSA) is 35.5 Å². The molecule has 2 rings (SSSR count). The van der Waals surface area contributed by atoms with Gasteiger partial charge in [0, 0.05) is 31.4 Å². The molecule has 1 unspecified atom stereocenters. The van der Waals surface area contributed by atoms with Crippen molar-refractivity contribution in [3.63, 3.8) is 0 Å². The summed E-state index contributed by atoms with van der Waals surface area (Å²) in [5.74, 6) is 0. The van der Waals surface area contributed by atoms with Crippen molar-refractivity contribution >= 4 is 5.69 Å². The standard InChI is InChI=1S/C17H28N2O/c1-2-11-18-16-10-13-19(12-6-3-7-14-20)17-9-5-4-8-15(16)17/h4-5,8-9,16,18,20H,2-3,6-7,10-14H2,1H3. The van der Waals surface area contributed by atoms with Crippen LogP contribution in [0.5, 0.6) is 0 Å². The maximum Gasteiger partial charge on any atom is 0.0431 e. The summed E-state index contributed by atoms with van der Waals surface area (Å²) >= 11 is 0. The molecule has 0 saturated carbocycles. The Balaban J connectivity index is 1.99. The molecule has 3 nitrogen and oxygen atoms in total. The Bertz CT molecular complexity index is 394. The number of fused-ring (bicyclic) bond motifs is 1. The summed E-state index contributed by atoms with van der Waals surface area (Å²) < 4.78 is 0. The average Bonchev–Trinajstić information content (AvgIpc) is 2.50. The molecule has 0 amide bonds. The molecule has 1 aliphatic heterocycles. The molecule has 1 aromatic rings. The third-order valence-electron chi connectivity index (χ3n) is 4.07. The second kappa shape index (κ2) is 8.28. The lowest BCUT2D eigenvalue weighted by molar-refractivity contribution is 0.283. The predicted octanol–water partition coefficient (Wildman–Crippen LogP) is 3.10. The molecule has 0 aromatic heterocycles. The highest BCUT2D eigenvalue weighted by molar-refractivity contribution is 5.56. The first-order valence-corrected chi connectivity index (χ1v) is 8.05. The van der Waals surface area contributed by atoms with Crippen LogP contribution in [0.15, 0.2) is 24.3 Å². The van der Waals surface area contributed by atoms with E-state index in [0.29, 0.717) is 12.6 Å². The van der Waals surface area contributed by atoms with Crippen molar-refractivity contribution in [2.45, 2.75) is 45.1 Å². The van der Waals surface area contributed by atoms with Crippen molar-refractivity contribution < 1.29 is 5.11 Å². The van der Waals surface area contributed by atoms with Crippen molar-refractivity contribution in [1.29, 1.82) is 0 Å². The van der Waals surface area contributed by atoms with Gasteiger partial charge in [-0.05, 0) is 50.3 Å². The van der Waals surface area contributed by atoms with Gasteiger partial charge < -0.3 is 15.3 Å². The number of benzene rings is 1. The van der Waals surface area contributed by atoms with Gasteiger partial charge in [-0.2, -0.15) is 0 Å². The number of aliphatic hydroxyl groups is 1. The number of nitrogens with one attached hydrogen (secondary N) is 1. The first-order valence-electron chi connectivity index (χ1n) is 8.05. The maximum atomic E-state index is 8.86. The lowest BCUT2D eigenvalue weighted by Crippen LogP contribution is -2.36. The number of unbranched alkanes of at least 4 members (excludes halogenated alkanes) is 2. The van der Waals surface area contributed by atoms with Crippen molar-refractivity contribution in [3.8, 4) is 0 Å². The highest BCUT2D eigenvalue weighted by Gasteiger charge is 2.23. The van der Waals surface area contributed by atoms with Gasteiger partial charge >= 0.3 is 0 Å². The quantitative estimate of drug-likeness (QED) is 0.716.